The minimum Gasteiger partial charge on any atom is -0.508 e. The van der Waals surface area contributed by atoms with Gasteiger partial charge in [-0.2, -0.15) is 0 Å². The molecule has 94 valence electrons. The van der Waals surface area contributed by atoms with Crippen molar-refractivity contribution in [1.82, 2.24) is 4.98 Å². The summed E-state index contributed by atoms with van der Waals surface area (Å²) in [5.41, 5.74) is 9.35. The lowest BCUT2D eigenvalue weighted by atomic mass is 9.86. The Morgan fingerprint density at radius 2 is 1.94 bits per heavy atom. The van der Waals surface area contributed by atoms with Crippen LogP contribution >= 0.6 is 0 Å². The smallest absolute Gasteiger partial charge is 0.116 e. The van der Waals surface area contributed by atoms with E-state index in [9.17, 15) is 5.11 Å². The van der Waals surface area contributed by atoms with Crippen molar-refractivity contribution in [3.63, 3.8) is 0 Å². The second kappa shape index (κ2) is 3.95. The summed E-state index contributed by atoms with van der Waals surface area (Å²) in [6.07, 6.45) is 4.39. The van der Waals surface area contributed by atoms with Crippen molar-refractivity contribution in [3.8, 4) is 5.75 Å². The third-order valence-corrected chi connectivity index (χ3v) is 3.95. The number of rotatable bonds is 1. The summed E-state index contributed by atoms with van der Waals surface area (Å²) < 4.78 is 0. The molecular weight excluding hydrogens is 224 g/mol. The van der Waals surface area contributed by atoms with Crippen LogP contribution in [0.2, 0.25) is 0 Å². The van der Waals surface area contributed by atoms with Crippen LogP contribution in [0.15, 0.2) is 24.3 Å². The molecule has 0 radical (unpaired) electrons. The van der Waals surface area contributed by atoms with Gasteiger partial charge >= 0.3 is 0 Å². The highest BCUT2D eigenvalue weighted by Gasteiger charge is 2.33. The van der Waals surface area contributed by atoms with Gasteiger partial charge < -0.3 is 10.8 Å². The van der Waals surface area contributed by atoms with Gasteiger partial charge in [0.25, 0.3) is 0 Å². The Kier molecular flexibility index (Phi) is 2.52. The molecule has 1 aliphatic carbocycles. The van der Waals surface area contributed by atoms with Gasteiger partial charge in [-0.25, -0.2) is 0 Å². The first kappa shape index (κ1) is 11.5. The minimum atomic E-state index is -0.250. The lowest BCUT2D eigenvalue weighted by molar-refractivity contribution is 0.463. The zero-order chi connectivity index (χ0) is 12.8. The van der Waals surface area contributed by atoms with Crippen LogP contribution in [0.4, 0.5) is 0 Å². The summed E-state index contributed by atoms with van der Waals surface area (Å²) in [6.45, 7) is 1.99. The number of hydrogen-bond acceptors (Lipinski definition) is 3. The van der Waals surface area contributed by atoms with Crippen molar-refractivity contribution in [2.75, 3.05) is 0 Å². The van der Waals surface area contributed by atoms with Gasteiger partial charge in [-0.3, -0.25) is 4.98 Å². The number of phenols is 1. The highest BCUT2D eigenvalue weighted by atomic mass is 16.3. The third kappa shape index (κ3) is 1.75. The molecule has 0 spiro atoms. The molecule has 0 atom stereocenters. The number of hydrogen-bond donors (Lipinski definition) is 2. The monoisotopic (exact) mass is 242 g/mol. The van der Waals surface area contributed by atoms with E-state index in [0.717, 1.165) is 35.0 Å². The zero-order valence-corrected chi connectivity index (χ0v) is 10.6. The van der Waals surface area contributed by atoms with Gasteiger partial charge in [0, 0.05) is 16.6 Å². The first-order chi connectivity index (χ1) is 8.58. The van der Waals surface area contributed by atoms with E-state index in [1.807, 2.05) is 13.0 Å². The van der Waals surface area contributed by atoms with Crippen molar-refractivity contribution in [2.45, 2.75) is 38.1 Å². The van der Waals surface area contributed by atoms with E-state index in [1.54, 1.807) is 12.1 Å². The molecule has 1 aromatic heterocycles. The number of aromatic nitrogens is 1. The van der Waals surface area contributed by atoms with E-state index < -0.39 is 0 Å². The molecule has 3 heteroatoms. The van der Waals surface area contributed by atoms with Crippen molar-refractivity contribution in [3.05, 3.63) is 35.5 Å². The first-order valence-corrected chi connectivity index (χ1v) is 6.48. The second-order valence-corrected chi connectivity index (χ2v) is 5.38. The molecule has 1 saturated carbocycles. The van der Waals surface area contributed by atoms with E-state index in [-0.39, 0.29) is 11.3 Å². The largest absolute Gasteiger partial charge is 0.508 e. The normalized spacial score (nSPS) is 18.3. The summed E-state index contributed by atoms with van der Waals surface area (Å²) in [5, 5.41) is 10.7. The van der Waals surface area contributed by atoms with Crippen LogP contribution in [0.3, 0.4) is 0 Å². The van der Waals surface area contributed by atoms with Crippen LogP contribution in [-0.2, 0) is 5.54 Å². The van der Waals surface area contributed by atoms with E-state index in [0.29, 0.717) is 0 Å². The molecule has 1 aromatic carbocycles. The molecule has 0 bridgehead atoms. The van der Waals surface area contributed by atoms with Gasteiger partial charge in [-0.1, -0.05) is 12.8 Å². The predicted octanol–water partition coefficient (Wildman–Crippen LogP) is 2.98. The van der Waals surface area contributed by atoms with E-state index >= 15 is 0 Å². The van der Waals surface area contributed by atoms with Crippen LogP contribution in [-0.4, -0.2) is 10.1 Å². The van der Waals surface area contributed by atoms with Crippen molar-refractivity contribution >= 4 is 10.9 Å². The highest BCUT2D eigenvalue weighted by molar-refractivity contribution is 5.85. The summed E-state index contributed by atoms with van der Waals surface area (Å²) in [4.78, 5) is 4.51. The molecular formula is C15H18N2O. The summed E-state index contributed by atoms with van der Waals surface area (Å²) in [7, 11) is 0. The molecule has 1 fully saturated rings. The lowest BCUT2D eigenvalue weighted by Gasteiger charge is -2.26. The number of nitrogens with zero attached hydrogens (tertiary/aromatic N) is 1. The second-order valence-electron chi connectivity index (χ2n) is 5.38. The molecule has 1 heterocycles. The molecule has 2 aromatic rings. The molecule has 0 aliphatic heterocycles. The Balaban J connectivity index is 2.29. The Hall–Kier alpha value is -1.61. The van der Waals surface area contributed by atoms with Crippen LogP contribution in [0.5, 0.6) is 5.75 Å². The van der Waals surface area contributed by atoms with Crippen molar-refractivity contribution < 1.29 is 5.11 Å². The van der Waals surface area contributed by atoms with Crippen LogP contribution in [0.1, 0.15) is 36.9 Å². The maximum Gasteiger partial charge on any atom is 0.116 e. The maximum absolute atomic E-state index is 9.68. The Labute approximate surface area is 107 Å². The summed E-state index contributed by atoms with van der Waals surface area (Å²) in [6, 6.07) is 7.40. The molecule has 1 aliphatic rings. The van der Waals surface area contributed by atoms with Gasteiger partial charge in [0.05, 0.1) is 5.52 Å². The molecule has 0 saturated heterocycles. The molecule has 3 N–H and O–H groups in total. The maximum atomic E-state index is 9.68. The Bertz CT molecular complexity index is 601. The quantitative estimate of drug-likeness (QED) is 0.808. The van der Waals surface area contributed by atoms with E-state index in [2.05, 4.69) is 11.1 Å². The van der Waals surface area contributed by atoms with Crippen LogP contribution in [0, 0.1) is 6.92 Å². The fourth-order valence-corrected chi connectivity index (χ4v) is 3.03. The topological polar surface area (TPSA) is 59.1 Å². The van der Waals surface area contributed by atoms with Crippen LogP contribution in [0.25, 0.3) is 10.9 Å². The number of nitrogens with two attached hydrogens (primary N) is 1. The summed E-state index contributed by atoms with van der Waals surface area (Å²) >= 11 is 0. The SMILES string of the molecule is Cc1cc(C2(N)CCCC2)c2cc(O)ccc2n1. The first-order valence-electron chi connectivity index (χ1n) is 6.48. The Morgan fingerprint density at radius 1 is 1.22 bits per heavy atom. The van der Waals surface area contributed by atoms with Crippen molar-refractivity contribution in [2.24, 2.45) is 5.73 Å². The number of fused-ring (bicyclic) bond motifs is 1. The lowest BCUT2D eigenvalue weighted by Crippen LogP contribution is -2.33. The Morgan fingerprint density at radius 3 is 2.67 bits per heavy atom. The fraction of sp³-hybridized carbons (Fsp3) is 0.400. The van der Waals surface area contributed by atoms with Gasteiger partial charge in [0.1, 0.15) is 5.75 Å². The third-order valence-electron chi connectivity index (χ3n) is 3.95. The highest BCUT2D eigenvalue weighted by Crippen LogP contribution is 2.40. The average molecular weight is 242 g/mol. The number of aryl methyl sites for hydroxylation is 1. The zero-order valence-electron chi connectivity index (χ0n) is 10.6. The van der Waals surface area contributed by atoms with Crippen LogP contribution < -0.4 is 5.73 Å². The van der Waals surface area contributed by atoms with E-state index in [1.165, 1.54) is 12.8 Å². The summed E-state index contributed by atoms with van der Waals surface area (Å²) in [5.74, 6) is 0.274. The molecule has 0 unspecified atom stereocenters. The predicted molar refractivity (Wildman–Crippen MR) is 72.5 cm³/mol. The van der Waals surface area contributed by atoms with Gasteiger partial charge in [-0.15, -0.1) is 0 Å². The average Bonchev–Trinajstić information content (AvgIpc) is 2.77. The minimum absolute atomic E-state index is 0.250. The fourth-order valence-electron chi connectivity index (χ4n) is 3.03. The van der Waals surface area contributed by atoms with E-state index in [4.69, 9.17) is 5.73 Å². The molecule has 3 rings (SSSR count). The number of pyridine rings is 1. The number of phenolic OH excluding ortho intramolecular Hbond substituents is 1. The van der Waals surface area contributed by atoms with Crippen molar-refractivity contribution in [1.29, 1.82) is 0 Å². The molecule has 0 amide bonds. The van der Waals surface area contributed by atoms with Gasteiger partial charge in [0.15, 0.2) is 0 Å². The standard InChI is InChI=1S/C15H18N2O/c1-10-8-13(15(16)6-2-3-7-15)12-9-11(18)4-5-14(12)17-10/h4-5,8-9,18H,2-3,6-7,16H2,1H3. The van der Waals surface area contributed by atoms with Gasteiger partial charge in [0.2, 0.25) is 0 Å². The number of aromatic hydroxyl groups is 1. The van der Waals surface area contributed by atoms with Gasteiger partial charge in [-0.05, 0) is 49.6 Å². The molecule has 3 nitrogen and oxygen atoms in total. The number of benzene rings is 1. The molecule has 18 heavy (non-hydrogen) atoms.